The van der Waals surface area contributed by atoms with Crippen molar-refractivity contribution in [2.24, 2.45) is 0 Å². The highest BCUT2D eigenvalue weighted by molar-refractivity contribution is 7.80. The van der Waals surface area contributed by atoms with Gasteiger partial charge in [0.25, 0.3) is 0 Å². The molecule has 30 atom stereocenters. The van der Waals surface area contributed by atoms with E-state index in [9.17, 15) is 99.2 Å². The largest absolute Gasteiger partial charge is 0.397 e. The van der Waals surface area contributed by atoms with Crippen molar-refractivity contribution in [2.75, 3.05) is 26.4 Å². The molecule has 35 heteroatoms. The fraction of sp³-hybridized carbons (Fsp3) is 0.950. The number of ether oxygens (including phenoxy) is 11. The van der Waals surface area contributed by atoms with Gasteiger partial charge in [-0.25, -0.2) is 4.18 Å². The van der Waals surface area contributed by atoms with Gasteiger partial charge < -0.3 is 139 Å². The van der Waals surface area contributed by atoms with E-state index in [1.54, 1.807) is 0 Å². The number of hydrogen-bond acceptors (Lipinski definition) is 31. The van der Waals surface area contributed by atoms with Crippen molar-refractivity contribution < 1.29 is 155 Å². The van der Waals surface area contributed by atoms with E-state index in [2.05, 4.69) is 14.8 Å². The summed E-state index contributed by atoms with van der Waals surface area (Å²) in [5.41, 5.74) is 0. The zero-order chi connectivity index (χ0) is 55.7. The first kappa shape index (κ1) is 62.0. The first-order valence-corrected chi connectivity index (χ1v) is 24.8. The maximum Gasteiger partial charge on any atom is 0.397 e. The number of aliphatic hydroxyl groups is 15. The molecule has 0 radical (unpaired) electrons. The van der Waals surface area contributed by atoms with E-state index in [1.807, 2.05) is 0 Å². The summed E-state index contributed by atoms with van der Waals surface area (Å²) >= 11 is 0. The number of hydrogen-bond donors (Lipinski definition) is 18. The molecule has 34 nitrogen and oxygen atoms in total. The minimum atomic E-state index is -5.23. The normalized spacial score (nSPS) is 49.0. The molecule has 0 bridgehead atoms. The lowest BCUT2D eigenvalue weighted by Crippen LogP contribution is -2.70. The summed E-state index contributed by atoms with van der Waals surface area (Å²) in [6.07, 6.45) is -53.5. The maximum atomic E-state index is 12.6. The van der Waals surface area contributed by atoms with Gasteiger partial charge in [0.2, 0.25) is 11.8 Å². The van der Waals surface area contributed by atoms with E-state index in [0.29, 0.717) is 0 Å². The van der Waals surface area contributed by atoms with E-state index in [4.69, 9.17) is 52.1 Å². The van der Waals surface area contributed by atoms with Crippen molar-refractivity contribution in [3.05, 3.63) is 0 Å². The molecule has 6 rings (SSSR count). The second-order valence-electron chi connectivity index (χ2n) is 18.8. The zero-order valence-electron chi connectivity index (χ0n) is 40.2. The fourth-order valence-electron chi connectivity index (χ4n) is 9.21. The zero-order valence-corrected chi connectivity index (χ0v) is 41.1. The van der Waals surface area contributed by atoms with Crippen LogP contribution in [0.2, 0.25) is 0 Å². The molecule has 0 aromatic rings. The van der Waals surface area contributed by atoms with Gasteiger partial charge in [0.15, 0.2) is 37.7 Å². The standard InChI is InChI=1S/C40H68N2O32S/c1-9-19(47)25(53)28(56)37(65-9)71-32-18(42-12(4)46)36(70-16(24(32)52)8-64-75(60,61)62)63-7-15-23(51)31(17(35(59)67-15)41-11(3)45)72-40-34(74-38-29(57)26(54)20(48)10(2)66-38)33(22(50)14(6-44)69-40)73-39-30(58)27(55)21(49)13(5-43)68-39/h9-10,13-40,43-44,47-59H,5-8H2,1-4H3,(H,41,45)(H,42,46)(H,60,61,62)/t9-,10-,13+,14+,15+,16+,17+,18+,19+,20+,21-,22-,23-,24+,25+,26+,27-,28-,29-,30+,31+,32+,33-,34+,35-,36+,37-,38-,39-,40-/m0/s1. The van der Waals surface area contributed by atoms with Crippen molar-refractivity contribution >= 4 is 22.2 Å². The molecule has 18 N–H and O–H groups in total. The van der Waals surface area contributed by atoms with Crippen LogP contribution in [0, 0.1) is 0 Å². The second kappa shape index (κ2) is 25.9. The third-order valence-electron chi connectivity index (χ3n) is 13.3. The number of rotatable bonds is 18. The summed E-state index contributed by atoms with van der Waals surface area (Å²) in [6, 6.07) is -3.54. The lowest BCUT2D eigenvalue weighted by Gasteiger charge is -2.51. The molecule has 0 aromatic carbocycles. The van der Waals surface area contributed by atoms with Crippen LogP contribution in [0.15, 0.2) is 0 Å². The lowest BCUT2D eigenvalue weighted by atomic mass is 9.94. The molecule has 6 fully saturated rings. The van der Waals surface area contributed by atoms with E-state index in [-0.39, 0.29) is 0 Å². The van der Waals surface area contributed by atoms with Gasteiger partial charge in [-0.05, 0) is 13.8 Å². The van der Waals surface area contributed by atoms with Crippen LogP contribution in [-0.2, 0) is 76.3 Å². The van der Waals surface area contributed by atoms with Crippen molar-refractivity contribution in [1.29, 1.82) is 0 Å². The van der Waals surface area contributed by atoms with E-state index >= 15 is 0 Å². The molecule has 0 spiro atoms. The second-order valence-corrected chi connectivity index (χ2v) is 19.9. The summed E-state index contributed by atoms with van der Waals surface area (Å²) in [5.74, 6) is -1.73. The Hall–Kier alpha value is -2.23. The molecule has 0 aliphatic carbocycles. The molecule has 0 saturated carbocycles. The number of amides is 2. The molecule has 6 aliphatic rings. The average molecular weight is 1120 g/mol. The molecular weight excluding hydrogens is 1050 g/mol. The first-order chi connectivity index (χ1) is 35.1. The number of aliphatic hydroxyl groups excluding tert-OH is 15. The molecule has 6 aliphatic heterocycles. The third kappa shape index (κ3) is 14.2. The highest BCUT2D eigenvalue weighted by atomic mass is 32.3. The molecule has 2 amide bonds. The minimum absolute atomic E-state index is 0.855. The van der Waals surface area contributed by atoms with Gasteiger partial charge in [-0.15, -0.1) is 0 Å². The van der Waals surface area contributed by atoms with E-state index < -0.39 is 233 Å². The Morgan fingerprint density at radius 1 is 0.440 bits per heavy atom. The number of carbonyl (C=O) groups is 2. The third-order valence-corrected chi connectivity index (χ3v) is 13.8. The molecule has 6 saturated heterocycles. The molecule has 6 heterocycles. The van der Waals surface area contributed by atoms with Gasteiger partial charge in [0, 0.05) is 13.8 Å². The molecule has 75 heavy (non-hydrogen) atoms. The first-order valence-electron chi connectivity index (χ1n) is 23.5. The molecule has 0 aromatic heterocycles. The van der Waals surface area contributed by atoms with Crippen molar-refractivity contribution in [3.63, 3.8) is 0 Å². The summed E-state index contributed by atoms with van der Waals surface area (Å²) in [7, 11) is -5.23. The van der Waals surface area contributed by atoms with Gasteiger partial charge >= 0.3 is 10.4 Å². The summed E-state index contributed by atoms with van der Waals surface area (Å²) < 4.78 is 101. The summed E-state index contributed by atoms with van der Waals surface area (Å²) in [6.45, 7) is 0.374. The molecule has 436 valence electrons. The van der Waals surface area contributed by atoms with Crippen LogP contribution in [0.5, 0.6) is 0 Å². The maximum absolute atomic E-state index is 12.6. The van der Waals surface area contributed by atoms with Gasteiger partial charge in [-0.1, -0.05) is 0 Å². The highest BCUT2D eigenvalue weighted by Gasteiger charge is 2.58. The lowest BCUT2D eigenvalue weighted by molar-refractivity contribution is -0.401. The predicted molar refractivity (Wildman–Crippen MR) is 230 cm³/mol. The van der Waals surface area contributed by atoms with E-state index in [1.165, 1.54) is 13.8 Å². The van der Waals surface area contributed by atoms with Gasteiger partial charge in [-0.3, -0.25) is 14.1 Å². The smallest absolute Gasteiger partial charge is 0.394 e. The SMILES string of the molecule is CC(=O)N[C@@H]1[C@@H](O[C@@H]2O[C@H](CO)[C@H](O)[C@H](O[C@@H]3O[C@H](CO)[C@H](O)[C@H](O)[C@H]3O)[C@H]2O[C@@H]2O[C@@H](C)[C@@H](O)[C@@H](O)[C@@H]2O)[C@@H](O)[C@@H](CO[C@@H]2O[C@H](COS(=O)(=O)O)[C@@H](O)[C@H](O[C@@H]3O[C@@H](C)[C@@H](O)[C@@H](O)[C@@H]3O)[C@H]2NC(C)=O)O[C@@H]1O. The summed E-state index contributed by atoms with van der Waals surface area (Å²) in [5, 5.41) is 167. The Bertz CT molecular complexity index is 1970. The molecule has 0 unspecified atom stereocenters. The minimum Gasteiger partial charge on any atom is -0.394 e. The monoisotopic (exact) mass is 1120 g/mol. The van der Waals surface area contributed by atoms with Gasteiger partial charge in [0.05, 0.1) is 38.6 Å². The van der Waals surface area contributed by atoms with Crippen LogP contribution in [-0.4, -0.2) is 312 Å². The van der Waals surface area contributed by atoms with Crippen molar-refractivity contribution in [2.45, 2.75) is 212 Å². The number of nitrogens with one attached hydrogen (secondary N) is 2. The van der Waals surface area contributed by atoms with Crippen LogP contribution >= 0.6 is 0 Å². The highest BCUT2D eigenvalue weighted by Crippen LogP contribution is 2.37. The topological polar surface area (TPSA) is 527 Å². The van der Waals surface area contributed by atoms with Crippen molar-refractivity contribution in [1.82, 2.24) is 10.6 Å². The van der Waals surface area contributed by atoms with Crippen LogP contribution in [0.3, 0.4) is 0 Å². The van der Waals surface area contributed by atoms with Gasteiger partial charge in [-0.2, -0.15) is 8.42 Å². The van der Waals surface area contributed by atoms with Crippen LogP contribution in [0.1, 0.15) is 27.7 Å². The van der Waals surface area contributed by atoms with E-state index in [0.717, 1.165) is 13.8 Å². The Kier molecular flexibility index (Phi) is 21.4. The Balaban J connectivity index is 1.33. The van der Waals surface area contributed by atoms with Crippen LogP contribution < -0.4 is 10.6 Å². The van der Waals surface area contributed by atoms with Crippen molar-refractivity contribution in [3.8, 4) is 0 Å². The Morgan fingerprint density at radius 3 is 1.33 bits per heavy atom. The molecular formula is C40H68N2O32S. The predicted octanol–water partition coefficient (Wildman–Crippen LogP) is -11.9. The number of carbonyl (C=O) groups excluding carboxylic acids is 2. The Labute approximate surface area is 425 Å². The quantitative estimate of drug-likeness (QED) is 0.0567. The fourth-order valence-corrected chi connectivity index (χ4v) is 9.52. The average Bonchev–Trinajstić information content (AvgIpc) is 3.34. The summed E-state index contributed by atoms with van der Waals surface area (Å²) in [4.78, 5) is 25.2. The van der Waals surface area contributed by atoms with Crippen LogP contribution in [0.4, 0.5) is 0 Å². The van der Waals surface area contributed by atoms with Crippen LogP contribution in [0.25, 0.3) is 0 Å². The Morgan fingerprint density at radius 2 is 0.827 bits per heavy atom. The van der Waals surface area contributed by atoms with Gasteiger partial charge in [0.1, 0.15) is 134 Å².